The Morgan fingerprint density at radius 2 is 1.97 bits per heavy atom. The van der Waals surface area contributed by atoms with Gasteiger partial charge in [-0.1, -0.05) is 30.4 Å². The van der Waals surface area contributed by atoms with Crippen LogP contribution in [-0.2, 0) is 11.2 Å². The zero-order chi connectivity index (χ0) is 20.9. The average molecular weight is 394 g/mol. The molecule has 0 fully saturated rings. The molecule has 1 N–H and O–H groups in total. The van der Waals surface area contributed by atoms with Gasteiger partial charge in [0.1, 0.15) is 5.60 Å². The van der Waals surface area contributed by atoms with E-state index in [0.29, 0.717) is 25.4 Å². The first-order valence-electron chi connectivity index (χ1n) is 10.4. The molecule has 1 heterocycles. The number of hydrogen-bond donors (Lipinski definition) is 1. The van der Waals surface area contributed by atoms with E-state index in [2.05, 4.69) is 35.3 Å². The van der Waals surface area contributed by atoms with Gasteiger partial charge < -0.3 is 14.6 Å². The highest BCUT2D eigenvalue weighted by Crippen LogP contribution is 2.29. The summed E-state index contributed by atoms with van der Waals surface area (Å²) >= 11 is 0. The number of fused-ring (bicyclic) bond motifs is 1. The highest BCUT2D eigenvalue weighted by atomic mass is 16.6. The van der Waals surface area contributed by atoms with Gasteiger partial charge in [-0.2, -0.15) is 5.26 Å². The number of nitriles is 1. The summed E-state index contributed by atoms with van der Waals surface area (Å²) in [7, 11) is 0. The van der Waals surface area contributed by atoms with Crippen molar-refractivity contribution >= 4 is 17.0 Å². The van der Waals surface area contributed by atoms with Gasteiger partial charge in [0.15, 0.2) is 0 Å². The summed E-state index contributed by atoms with van der Waals surface area (Å²) in [6.07, 6.45) is 9.17. The highest BCUT2D eigenvalue weighted by molar-refractivity contribution is 5.83. The largest absolute Gasteiger partial charge is 0.444 e. The first-order chi connectivity index (χ1) is 13.9. The normalized spacial score (nSPS) is 19.1. The highest BCUT2D eigenvalue weighted by Gasteiger charge is 2.29. The van der Waals surface area contributed by atoms with Crippen molar-refractivity contribution in [2.24, 2.45) is 11.8 Å². The number of para-hydroxylation sites is 1. The van der Waals surface area contributed by atoms with E-state index >= 15 is 0 Å². The van der Waals surface area contributed by atoms with E-state index in [1.165, 1.54) is 10.9 Å². The van der Waals surface area contributed by atoms with Gasteiger partial charge in [0.25, 0.3) is 0 Å². The molecular formula is C24H31N3O2. The number of carbonyl (C=O) groups is 1. The van der Waals surface area contributed by atoms with Crippen molar-refractivity contribution in [2.75, 3.05) is 13.1 Å². The van der Waals surface area contributed by atoms with Gasteiger partial charge in [-0.25, -0.2) is 4.79 Å². The van der Waals surface area contributed by atoms with Gasteiger partial charge in [-0.3, -0.25) is 0 Å². The Morgan fingerprint density at radius 3 is 2.69 bits per heavy atom. The summed E-state index contributed by atoms with van der Waals surface area (Å²) in [6, 6.07) is 10.5. The van der Waals surface area contributed by atoms with Crippen LogP contribution in [0, 0.1) is 23.2 Å². The molecule has 0 bridgehead atoms. The molecular weight excluding hydrogens is 362 g/mol. The Kier molecular flexibility index (Phi) is 6.64. The number of ether oxygens (including phenoxy) is 1. The summed E-state index contributed by atoms with van der Waals surface area (Å²) in [6.45, 7) is 6.89. The number of amides is 1. The second-order valence-corrected chi connectivity index (χ2v) is 8.86. The minimum Gasteiger partial charge on any atom is -0.444 e. The molecule has 29 heavy (non-hydrogen) atoms. The van der Waals surface area contributed by atoms with Crippen molar-refractivity contribution in [3.63, 3.8) is 0 Å². The number of aromatic amines is 1. The first-order valence-corrected chi connectivity index (χ1v) is 10.4. The minimum atomic E-state index is -0.533. The summed E-state index contributed by atoms with van der Waals surface area (Å²) in [5, 5.41) is 10.4. The molecule has 0 saturated heterocycles. The van der Waals surface area contributed by atoms with Crippen molar-refractivity contribution in [3.05, 3.63) is 48.2 Å². The summed E-state index contributed by atoms with van der Waals surface area (Å²) < 4.78 is 5.69. The zero-order valence-electron chi connectivity index (χ0n) is 17.6. The second-order valence-electron chi connectivity index (χ2n) is 8.86. The number of nitrogens with zero attached hydrogens (tertiary/aromatic N) is 2. The van der Waals surface area contributed by atoms with Gasteiger partial charge in [0.05, 0.1) is 6.07 Å². The van der Waals surface area contributed by atoms with Gasteiger partial charge in [-0.15, -0.1) is 0 Å². The molecule has 2 atom stereocenters. The molecule has 3 rings (SSSR count). The Balaban J connectivity index is 1.74. The molecule has 1 aliphatic carbocycles. The summed E-state index contributed by atoms with van der Waals surface area (Å²) in [5.41, 5.74) is 1.78. The lowest BCUT2D eigenvalue weighted by atomic mass is 9.81. The molecule has 2 aromatic rings. The molecule has 0 unspecified atom stereocenters. The molecule has 0 radical (unpaired) electrons. The maximum atomic E-state index is 12.9. The van der Waals surface area contributed by atoms with Gasteiger partial charge in [0, 0.05) is 36.6 Å². The Morgan fingerprint density at radius 1 is 1.24 bits per heavy atom. The predicted molar refractivity (Wildman–Crippen MR) is 115 cm³/mol. The van der Waals surface area contributed by atoms with Crippen LogP contribution < -0.4 is 0 Å². The molecule has 1 aromatic heterocycles. The average Bonchev–Trinajstić information content (AvgIpc) is 3.08. The van der Waals surface area contributed by atoms with E-state index in [1.807, 2.05) is 44.0 Å². The van der Waals surface area contributed by atoms with Crippen LogP contribution in [0.4, 0.5) is 4.79 Å². The van der Waals surface area contributed by atoms with Crippen LogP contribution in [-0.4, -0.2) is 34.7 Å². The van der Waals surface area contributed by atoms with E-state index in [1.54, 1.807) is 0 Å². The van der Waals surface area contributed by atoms with Crippen LogP contribution >= 0.6 is 0 Å². The monoisotopic (exact) mass is 393 g/mol. The third-order valence-corrected chi connectivity index (χ3v) is 5.50. The molecule has 1 aliphatic rings. The fourth-order valence-corrected chi connectivity index (χ4v) is 3.98. The van der Waals surface area contributed by atoms with E-state index in [4.69, 9.17) is 4.74 Å². The second kappa shape index (κ2) is 9.17. The van der Waals surface area contributed by atoms with Crippen molar-refractivity contribution in [1.29, 1.82) is 5.26 Å². The fourth-order valence-electron chi connectivity index (χ4n) is 3.98. The summed E-state index contributed by atoms with van der Waals surface area (Å²) in [5.74, 6) is 0.582. The Labute approximate surface area is 173 Å². The number of rotatable bonds is 6. The lowest BCUT2D eigenvalue weighted by Crippen LogP contribution is -2.42. The van der Waals surface area contributed by atoms with E-state index in [9.17, 15) is 10.1 Å². The molecule has 5 nitrogen and oxygen atoms in total. The van der Waals surface area contributed by atoms with E-state index in [-0.39, 0.29) is 12.0 Å². The number of carbonyl (C=O) groups excluding carboxylic acids is 1. The number of aromatic nitrogens is 1. The molecule has 0 spiro atoms. The minimum absolute atomic E-state index is 0.275. The molecule has 154 valence electrons. The van der Waals surface area contributed by atoms with Gasteiger partial charge in [0.2, 0.25) is 0 Å². The van der Waals surface area contributed by atoms with Gasteiger partial charge >= 0.3 is 6.09 Å². The third-order valence-electron chi connectivity index (χ3n) is 5.50. The summed E-state index contributed by atoms with van der Waals surface area (Å²) in [4.78, 5) is 18.1. The topological polar surface area (TPSA) is 69.1 Å². The van der Waals surface area contributed by atoms with Crippen LogP contribution in [0.1, 0.15) is 45.6 Å². The molecule has 1 amide bonds. The number of H-pyrrole nitrogens is 1. The first kappa shape index (κ1) is 21.0. The zero-order valence-corrected chi connectivity index (χ0v) is 17.6. The quantitative estimate of drug-likeness (QED) is 0.664. The van der Waals surface area contributed by atoms with E-state index in [0.717, 1.165) is 24.8 Å². The van der Waals surface area contributed by atoms with Crippen LogP contribution in [0.25, 0.3) is 10.9 Å². The van der Waals surface area contributed by atoms with Crippen molar-refractivity contribution in [2.45, 2.75) is 52.1 Å². The third kappa shape index (κ3) is 5.63. The number of allylic oxidation sites excluding steroid dienone is 2. The Bertz CT molecular complexity index is 901. The molecule has 0 aliphatic heterocycles. The van der Waals surface area contributed by atoms with Crippen molar-refractivity contribution in [3.8, 4) is 6.07 Å². The molecule has 1 aromatic carbocycles. The van der Waals surface area contributed by atoms with Crippen LogP contribution in [0.15, 0.2) is 42.6 Å². The lowest BCUT2D eigenvalue weighted by Gasteiger charge is -2.34. The van der Waals surface area contributed by atoms with Gasteiger partial charge in [-0.05, 0) is 63.5 Å². The Hall–Kier alpha value is -2.74. The van der Waals surface area contributed by atoms with Crippen LogP contribution in [0.3, 0.4) is 0 Å². The lowest BCUT2D eigenvalue weighted by molar-refractivity contribution is 0.0202. The SMILES string of the molecule is CC(C)(C)OC(=O)N(CCc1c[nH]c2ccccc12)C[C@H]1CC=CC[C@H]1CC#N. The number of benzene rings is 1. The standard InChI is InChI=1S/C24H31N3O2/c1-24(2,3)29-23(28)27(17-20-9-5-4-8-18(20)12-14-25)15-13-19-16-26-22-11-7-6-10-21(19)22/h4-7,10-11,16,18,20,26H,8-9,12-13,15,17H2,1-3H3/t18-,20+/m0/s1. The fraction of sp³-hybridized carbons (Fsp3) is 0.500. The van der Waals surface area contributed by atoms with Crippen molar-refractivity contribution < 1.29 is 9.53 Å². The number of nitrogens with one attached hydrogen (secondary N) is 1. The van der Waals surface area contributed by atoms with Crippen LogP contribution in [0.2, 0.25) is 0 Å². The van der Waals surface area contributed by atoms with Crippen molar-refractivity contribution in [1.82, 2.24) is 9.88 Å². The molecule has 5 heteroatoms. The van der Waals surface area contributed by atoms with E-state index < -0.39 is 5.60 Å². The maximum absolute atomic E-state index is 12.9. The maximum Gasteiger partial charge on any atom is 0.410 e. The molecule has 0 saturated carbocycles. The van der Waals surface area contributed by atoms with Crippen LogP contribution in [0.5, 0.6) is 0 Å². The smallest absolute Gasteiger partial charge is 0.410 e. The number of hydrogen-bond acceptors (Lipinski definition) is 3. The predicted octanol–water partition coefficient (Wildman–Crippen LogP) is 5.44.